The van der Waals surface area contributed by atoms with Crippen LogP contribution in [0.15, 0.2) is 54.6 Å². The molecule has 0 radical (unpaired) electrons. The number of hydrogen-bond donors (Lipinski definition) is 2. The van der Waals surface area contributed by atoms with Crippen molar-refractivity contribution in [2.45, 2.75) is 40.0 Å². The first-order valence-electron chi connectivity index (χ1n) is 10.9. The number of urea groups is 1. The van der Waals surface area contributed by atoms with Gasteiger partial charge in [-0.1, -0.05) is 56.6 Å². The van der Waals surface area contributed by atoms with Gasteiger partial charge in [-0.2, -0.15) is 5.10 Å². The average molecular weight is 468 g/mol. The predicted molar refractivity (Wildman–Crippen MR) is 133 cm³/mol. The average Bonchev–Trinajstić information content (AvgIpc) is 3.16. The standard InChI is InChI=1S/C25H30ClN5O2/c1-6-30(24(33)27-19-12-9-11-18(26)14-19)16-23(32)28-22-15-21(25(3,4)5)29-31(22)20-13-8-7-10-17(20)2/h7-15H,6,16H2,1-5H3,(H,27,33)(H,28,32). The van der Waals surface area contributed by atoms with E-state index in [0.717, 1.165) is 16.9 Å². The summed E-state index contributed by atoms with van der Waals surface area (Å²) in [7, 11) is 0. The second kappa shape index (κ2) is 10.1. The van der Waals surface area contributed by atoms with Crippen molar-refractivity contribution in [2.24, 2.45) is 0 Å². The van der Waals surface area contributed by atoms with Gasteiger partial charge in [-0.25, -0.2) is 9.48 Å². The van der Waals surface area contributed by atoms with Crippen LogP contribution in [0.4, 0.5) is 16.3 Å². The molecule has 2 N–H and O–H groups in total. The lowest BCUT2D eigenvalue weighted by Crippen LogP contribution is -2.40. The van der Waals surface area contributed by atoms with E-state index in [4.69, 9.17) is 16.7 Å². The Bertz CT molecular complexity index is 1150. The second-order valence-corrected chi connectivity index (χ2v) is 9.30. The van der Waals surface area contributed by atoms with Crippen LogP contribution in [0.25, 0.3) is 5.69 Å². The summed E-state index contributed by atoms with van der Waals surface area (Å²) in [6.45, 7) is 10.3. The Morgan fingerprint density at radius 2 is 1.79 bits per heavy atom. The highest BCUT2D eigenvalue weighted by atomic mass is 35.5. The third kappa shape index (κ3) is 6.14. The number of aryl methyl sites for hydroxylation is 1. The Labute approximate surface area is 199 Å². The van der Waals surface area contributed by atoms with Crippen molar-refractivity contribution >= 4 is 35.0 Å². The van der Waals surface area contributed by atoms with E-state index in [9.17, 15) is 9.59 Å². The lowest BCUT2D eigenvalue weighted by molar-refractivity contribution is -0.116. The molecule has 0 spiro atoms. The summed E-state index contributed by atoms with van der Waals surface area (Å²) in [5.74, 6) is 0.249. The number of nitrogens with one attached hydrogen (secondary N) is 2. The molecule has 3 amide bonds. The van der Waals surface area contributed by atoms with Gasteiger partial charge in [0.25, 0.3) is 0 Å². The van der Waals surface area contributed by atoms with Crippen molar-refractivity contribution < 1.29 is 9.59 Å². The summed E-state index contributed by atoms with van der Waals surface area (Å²) in [6.07, 6.45) is 0. The van der Waals surface area contributed by atoms with Crippen molar-refractivity contribution in [3.8, 4) is 5.69 Å². The fourth-order valence-electron chi connectivity index (χ4n) is 3.27. The van der Waals surface area contributed by atoms with E-state index in [1.165, 1.54) is 4.90 Å². The van der Waals surface area contributed by atoms with Crippen LogP contribution in [0.2, 0.25) is 5.02 Å². The molecule has 3 rings (SSSR count). The summed E-state index contributed by atoms with van der Waals surface area (Å²) in [4.78, 5) is 27.0. The van der Waals surface area contributed by atoms with Crippen LogP contribution in [0.5, 0.6) is 0 Å². The van der Waals surface area contributed by atoms with E-state index in [1.54, 1.807) is 28.9 Å². The fraction of sp³-hybridized carbons (Fsp3) is 0.320. The zero-order valence-electron chi connectivity index (χ0n) is 19.6. The van der Waals surface area contributed by atoms with Crippen molar-refractivity contribution in [3.63, 3.8) is 0 Å². The molecule has 1 heterocycles. The molecule has 0 aliphatic heterocycles. The molecule has 0 unspecified atom stereocenters. The van der Waals surface area contributed by atoms with Gasteiger partial charge in [0, 0.05) is 28.7 Å². The summed E-state index contributed by atoms with van der Waals surface area (Å²) in [6, 6.07) is 16.2. The van der Waals surface area contributed by atoms with Gasteiger partial charge in [-0.3, -0.25) is 4.79 Å². The number of benzene rings is 2. The van der Waals surface area contributed by atoms with E-state index < -0.39 is 0 Å². The van der Waals surface area contributed by atoms with Gasteiger partial charge in [0.1, 0.15) is 12.4 Å². The van der Waals surface area contributed by atoms with Crippen LogP contribution in [-0.2, 0) is 10.2 Å². The maximum Gasteiger partial charge on any atom is 0.322 e. The van der Waals surface area contributed by atoms with Crippen LogP contribution in [0.1, 0.15) is 39.0 Å². The molecule has 0 aliphatic carbocycles. The monoisotopic (exact) mass is 467 g/mol. The number of rotatable bonds is 6. The minimum Gasteiger partial charge on any atom is -0.315 e. The van der Waals surface area contributed by atoms with E-state index in [2.05, 4.69) is 31.4 Å². The number of carbonyl (C=O) groups is 2. The number of amides is 3. The number of likely N-dealkylation sites (N-methyl/N-ethyl adjacent to an activating group) is 1. The van der Waals surface area contributed by atoms with Gasteiger partial charge in [0.2, 0.25) is 5.91 Å². The number of carbonyl (C=O) groups excluding carboxylic acids is 2. The topological polar surface area (TPSA) is 79.3 Å². The van der Waals surface area contributed by atoms with Crippen LogP contribution in [-0.4, -0.2) is 39.7 Å². The number of para-hydroxylation sites is 1. The van der Waals surface area contributed by atoms with Crippen LogP contribution < -0.4 is 10.6 Å². The number of aromatic nitrogens is 2. The van der Waals surface area contributed by atoms with Crippen LogP contribution in [0.3, 0.4) is 0 Å². The van der Waals surface area contributed by atoms with Gasteiger partial charge in [-0.05, 0) is 43.7 Å². The minimum absolute atomic E-state index is 0.104. The molecular weight excluding hydrogens is 438 g/mol. The molecule has 0 fully saturated rings. The molecule has 174 valence electrons. The van der Waals surface area contributed by atoms with E-state index >= 15 is 0 Å². The van der Waals surface area contributed by atoms with Crippen molar-refractivity contribution in [3.05, 3.63) is 70.9 Å². The van der Waals surface area contributed by atoms with Gasteiger partial charge >= 0.3 is 6.03 Å². The molecule has 0 bridgehead atoms. The lowest BCUT2D eigenvalue weighted by Gasteiger charge is -2.21. The SMILES string of the molecule is CCN(CC(=O)Nc1cc(C(C)(C)C)nn1-c1ccccc1C)C(=O)Nc1cccc(Cl)c1. The molecule has 0 saturated carbocycles. The first kappa shape index (κ1) is 24.3. The Balaban J connectivity index is 1.79. The molecule has 7 nitrogen and oxygen atoms in total. The molecule has 0 saturated heterocycles. The smallest absolute Gasteiger partial charge is 0.315 e. The molecule has 33 heavy (non-hydrogen) atoms. The van der Waals surface area contributed by atoms with Crippen molar-refractivity contribution in [2.75, 3.05) is 23.7 Å². The van der Waals surface area contributed by atoms with Crippen LogP contribution >= 0.6 is 11.6 Å². The maximum absolute atomic E-state index is 12.9. The highest BCUT2D eigenvalue weighted by Crippen LogP contribution is 2.27. The van der Waals surface area contributed by atoms with Crippen molar-refractivity contribution in [1.82, 2.24) is 14.7 Å². The molecule has 0 atom stereocenters. The van der Waals surface area contributed by atoms with Gasteiger partial charge in [-0.15, -0.1) is 0 Å². The summed E-state index contributed by atoms with van der Waals surface area (Å²) >= 11 is 5.99. The van der Waals surface area contributed by atoms with E-state index in [0.29, 0.717) is 23.1 Å². The summed E-state index contributed by atoms with van der Waals surface area (Å²) < 4.78 is 1.75. The molecule has 3 aromatic rings. The number of nitrogens with zero attached hydrogens (tertiary/aromatic N) is 3. The van der Waals surface area contributed by atoms with E-state index in [1.807, 2.05) is 44.2 Å². The van der Waals surface area contributed by atoms with Crippen LogP contribution in [0, 0.1) is 6.92 Å². The highest BCUT2D eigenvalue weighted by molar-refractivity contribution is 6.30. The van der Waals surface area contributed by atoms with Gasteiger partial charge in [0.05, 0.1) is 11.4 Å². The molecular formula is C25H30ClN5O2. The highest BCUT2D eigenvalue weighted by Gasteiger charge is 2.23. The first-order valence-corrected chi connectivity index (χ1v) is 11.2. The molecule has 8 heteroatoms. The third-order valence-corrected chi connectivity index (χ3v) is 5.40. The molecule has 1 aromatic heterocycles. The summed E-state index contributed by atoms with van der Waals surface area (Å²) in [5.41, 5.74) is 3.15. The van der Waals surface area contributed by atoms with E-state index in [-0.39, 0.29) is 23.9 Å². The molecule has 2 aromatic carbocycles. The Hall–Kier alpha value is -3.32. The third-order valence-electron chi connectivity index (χ3n) is 5.17. The Morgan fingerprint density at radius 1 is 1.06 bits per heavy atom. The van der Waals surface area contributed by atoms with Gasteiger partial charge < -0.3 is 15.5 Å². The zero-order valence-corrected chi connectivity index (χ0v) is 20.4. The second-order valence-electron chi connectivity index (χ2n) is 8.87. The minimum atomic E-state index is -0.377. The molecule has 0 aliphatic rings. The first-order chi connectivity index (χ1) is 15.6. The quantitative estimate of drug-likeness (QED) is 0.493. The number of halogens is 1. The number of anilines is 2. The van der Waals surface area contributed by atoms with Gasteiger partial charge in [0.15, 0.2) is 0 Å². The fourth-order valence-corrected chi connectivity index (χ4v) is 3.46. The Morgan fingerprint density at radius 3 is 2.42 bits per heavy atom. The zero-order chi connectivity index (χ0) is 24.2. The number of hydrogen-bond acceptors (Lipinski definition) is 3. The summed E-state index contributed by atoms with van der Waals surface area (Å²) in [5, 5.41) is 11.0. The predicted octanol–water partition coefficient (Wildman–Crippen LogP) is 5.62. The maximum atomic E-state index is 12.9. The lowest BCUT2D eigenvalue weighted by atomic mass is 9.92. The Kier molecular flexibility index (Phi) is 7.43. The largest absolute Gasteiger partial charge is 0.322 e. The van der Waals surface area contributed by atoms with Crippen molar-refractivity contribution in [1.29, 1.82) is 0 Å². The normalized spacial score (nSPS) is 11.2.